The topological polar surface area (TPSA) is 222 Å². The summed E-state index contributed by atoms with van der Waals surface area (Å²) in [6.07, 6.45) is -3.17. The van der Waals surface area contributed by atoms with Crippen LogP contribution < -0.4 is 16.0 Å². The molecule has 0 saturated carbocycles. The van der Waals surface area contributed by atoms with Crippen molar-refractivity contribution in [3.05, 3.63) is 232 Å². The number of aromatic amines is 1. The Hall–Kier alpha value is -10.7. The molecular formula is C59H47F6N13O5. The van der Waals surface area contributed by atoms with Crippen LogP contribution in [-0.4, -0.2) is 67.3 Å². The van der Waals surface area contributed by atoms with Crippen LogP contribution in [0.2, 0.25) is 0 Å². The van der Waals surface area contributed by atoms with Gasteiger partial charge in [-0.2, -0.15) is 41.6 Å². The number of aromatic nitrogens is 10. The summed E-state index contributed by atoms with van der Waals surface area (Å²) < 4.78 is 91.4. The van der Waals surface area contributed by atoms with Gasteiger partial charge in [-0.05, 0) is 98.1 Å². The zero-order valence-corrected chi connectivity index (χ0v) is 44.1. The molecular weight excluding hydrogens is 1080 g/mol. The van der Waals surface area contributed by atoms with Gasteiger partial charge in [-0.3, -0.25) is 28.4 Å². The highest BCUT2D eigenvalue weighted by atomic mass is 19.4. The highest BCUT2D eigenvalue weighted by Crippen LogP contribution is 2.32. The number of fused-ring (bicyclic) bond motifs is 3. The summed E-state index contributed by atoms with van der Waals surface area (Å²) in [6, 6.07) is 40.5. The number of carbonyl (C=O) groups excluding carboxylic acids is 3. The van der Waals surface area contributed by atoms with Gasteiger partial charge >= 0.3 is 12.4 Å². The minimum atomic E-state index is -4.38. The van der Waals surface area contributed by atoms with Crippen molar-refractivity contribution in [3.8, 4) is 0 Å². The number of carbonyl (C=O) groups is 3. The molecule has 0 fully saturated rings. The molecule has 0 unspecified atom stereocenters. The number of H-pyrrole nitrogens is 1. The van der Waals surface area contributed by atoms with E-state index in [0.29, 0.717) is 63.0 Å². The molecule has 0 atom stereocenters. The van der Waals surface area contributed by atoms with E-state index in [9.17, 15) is 40.7 Å². The molecule has 12 rings (SSSR count). The van der Waals surface area contributed by atoms with Crippen molar-refractivity contribution in [2.24, 2.45) is 0 Å². The summed E-state index contributed by atoms with van der Waals surface area (Å²) in [5, 5.41) is 31.5. The Morgan fingerprint density at radius 1 is 0.530 bits per heavy atom. The Morgan fingerprint density at radius 2 is 0.952 bits per heavy atom. The third-order valence-electron chi connectivity index (χ3n) is 13.0. The Labute approximate surface area is 466 Å². The van der Waals surface area contributed by atoms with E-state index in [-0.39, 0.29) is 30.7 Å². The second-order valence-corrected chi connectivity index (χ2v) is 18.9. The summed E-state index contributed by atoms with van der Waals surface area (Å²) in [4.78, 5) is 43.7. The van der Waals surface area contributed by atoms with E-state index in [4.69, 9.17) is 9.05 Å². The molecule has 420 valence electrons. The number of imidazole rings is 1. The van der Waals surface area contributed by atoms with Crippen LogP contribution >= 0.6 is 0 Å². The molecule has 18 nitrogen and oxygen atoms in total. The SMILES string of the molecule is Cc1ccc(Cn2nc(NC(=O)c3conc3C)c3ccccc32)cc1.Cc1cnoc1C(=O)Nc1nn(Cc2ccc(C(F)(F)F)cc2)c2ccccc12.O=C(Nc1nn(Cc2ccc(C(F)(F)F)cc2)c2ccccc12)c1cnc[nH]1. The van der Waals surface area contributed by atoms with Gasteiger partial charge < -0.3 is 30.0 Å². The zero-order chi connectivity index (χ0) is 58.4. The average Bonchev–Trinajstić information content (AvgIpc) is 4.25. The van der Waals surface area contributed by atoms with Crippen molar-refractivity contribution in [2.75, 3.05) is 16.0 Å². The van der Waals surface area contributed by atoms with E-state index in [1.54, 1.807) is 29.3 Å². The number of nitrogens with zero attached hydrogens (tertiary/aromatic N) is 9. The van der Waals surface area contributed by atoms with Gasteiger partial charge in [0.15, 0.2) is 17.5 Å². The van der Waals surface area contributed by atoms with Gasteiger partial charge in [0, 0.05) is 21.7 Å². The van der Waals surface area contributed by atoms with Crippen LogP contribution in [-0.2, 0) is 32.0 Å². The molecule has 83 heavy (non-hydrogen) atoms. The molecule has 0 radical (unpaired) electrons. The molecule has 0 spiro atoms. The van der Waals surface area contributed by atoms with Crippen LogP contribution in [0, 0.1) is 20.8 Å². The lowest BCUT2D eigenvalue weighted by Gasteiger charge is -2.08. The maximum atomic E-state index is 12.8. The first-order chi connectivity index (χ1) is 39.9. The lowest BCUT2D eigenvalue weighted by Crippen LogP contribution is -2.13. The average molecular weight is 1130 g/mol. The Balaban J connectivity index is 0.000000139. The minimum absolute atomic E-state index is 0.0892. The fourth-order valence-corrected chi connectivity index (χ4v) is 8.75. The quantitative estimate of drug-likeness (QED) is 0.0843. The van der Waals surface area contributed by atoms with Gasteiger partial charge in [0.1, 0.15) is 17.5 Å². The fraction of sp³-hybridized carbons (Fsp3) is 0.136. The van der Waals surface area contributed by atoms with E-state index in [1.165, 1.54) is 54.8 Å². The van der Waals surface area contributed by atoms with Gasteiger partial charge in [0.25, 0.3) is 17.7 Å². The summed E-state index contributed by atoms with van der Waals surface area (Å²) in [5.41, 5.74) is 6.56. The molecule has 0 aliphatic rings. The van der Waals surface area contributed by atoms with Crippen molar-refractivity contribution in [1.29, 1.82) is 0 Å². The second-order valence-electron chi connectivity index (χ2n) is 18.9. The smallest absolute Gasteiger partial charge is 0.364 e. The summed E-state index contributed by atoms with van der Waals surface area (Å²) in [7, 11) is 0. The van der Waals surface area contributed by atoms with Crippen molar-refractivity contribution in [3.63, 3.8) is 0 Å². The molecule has 4 N–H and O–H groups in total. The van der Waals surface area contributed by atoms with Crippen molar-refractivity contribution in [1.82, 2.24) is 49.6 Å². The molecule has 12 aromatic rings. The Bertz CT molecular complexity index is 4240. The molecule has 0 saturated heterocycles. The first-order valence-electron chi connectivity index (χ1n) is 25.4. The zero-order valence-electron chi connectivity index (χ0n) is 44.1. The number of aryl methyl sites for hydroxylation is 3. The van der Waals surface area contributed by atoms with Gasteiger partial charge in [0.05, 0.1) is 71.7 Å². The van der Waals surface area contributed by atoms with E-state index >= 15 is 0 Å². The number of amides is 3. The van der Waals surface area contributed by atoms with E-state index in [0.717, 1.165) is 57.2 Å². The lowest BCUT2D eigenvalue weighted by molar-refractivity contribution is -0.138. The number of rotatable bonds is 12. The monoisotopic (exact) mass is 1130 g/mol. The van der Waals surface area contributed by atoms with Crippen LogP contribution in [0.3, 0.4) is 0 Å². The number of hydrogen-bond donors (Lipinski definition) is 4. The summed E-state index contributed by atoms with van der Waals surface area (Å²) >= 11 is 0. The highest BCUT2D eigenvalue weighted by Gasteiger charge is 2.31. The van der Waals surface area contributed by atoms with Crippen molar-refractivity contribution < 1.29 is 49.8 Å². The third-order valence-corrected chi connectivity index (χ3v) is 13.0. The van der Waals surface area contributed by atoms with Crippen LogP contribution in [0.1, 0.15) is 76.0 Å². The van der Waals surface area contributed by atoms with Gasteiger partial charge in [-0.25, -0.2) is 4.98 Å². The number of hydrogen-bond acceptors (Lipinski definition) is 11. The number of benzene rings is 6. The number of nitrogens with one attached hydrogen (secondary N) is 4. The standard InChI is InChI=1S/C20H15F3N4O2.C20H18N4O2.C19H14F3N5O/c1-12-10-24-29-17(12)19(28)25-18-15-4-2-3-5-16(15)27(26-18)11-13-6-8-14(9-7-13)20(21,22)23;1-13-7-9-15(10-8-13)11-24-18-6-4-3-5-16(18)19(22-24)21-20(25)17-12-26-23-14(17)2;20-19(21,22)13-7-5-12(6-8-13)10-27-16-4-2-1-3-14(16)17(26-27)25-18(28)15-9-23-11-24-15/h2-10H,11H2,1H3,(H,25,26,28);3-10,12H,11H2,1-2H3,(H,21,22,25);1-9,11H,10H2,(H,23,24)(H,25,26,28). The summed E-state index contributed by atoms with van der Waals surface area (Å²) in [5.74, 6) is 0.155. The second kappa shape index (κ2) is 23.6. The predicted molar refractivity (Wildman–Crippen MR) is 295 cm³/mol. The first kappa shape index (κ1) is 55.7. The molecule has 0 aliphatic carbocycles. The summed E-state index contributed by atoms with van der Waals surface area (Å²) in [6.45, 7) is 6.63. The number of anilines is 3. The van der Waals surface area contributed by atoms with Gasteiger partial charge in [-0.1, -0.05) is 101 Å². The van der Waals surface area contributed by atoms with Crippen LogP contribution in [0.5, 0.6) is 0 Å². The molecule has 6 heterocycles. The van der Waals surface area contributed by atoms with E-state index in [1.807, 2.05) is 71.4 Å². The minimum Gasteiger partial charge on any atom is -0.364 e. The first-order valence-corrected chi connectivity index (χ1v) is 25.4. The molecule has 6 aromatic heterocycles. The maximum Gasteiger partial charge on any atom is 0.416 e. The van der Waals surface area contributed by atoms with Gasteiger partial charge in [-0.15, -0.1) is 0 Å². The van der Waals surface area contributed by atoms with Crippen LogP contribution in [0.25, 0.3) is 32.7 Å². The van der Waals surface area contributed by atoms with Crippen LogP contribution in [0.15, 0.2) is 180 Å². The number of para-hydroxylation sites is 3. The normalized spacial score (nSPS) is 11.5. The largest absolute Gasteiger partial charge is 0.416 e. The number of halogens is 6. The third kappa shape index (κ3) is 12.9. The predicted octanol–water partition coefficient (Wildman–Crippen LogP) is 12.7. The van der Waals surface area contributed by atoms with Gasteiger partial charge in [0.2, 0.25) is 5.76 Å². The Morgan fingerprint density at radius 3 is 1.34 bits per heavy atom. The molecule has 0 aliphatic heterocycles. The van der Waals surface area contributed by atoms with Crippen LogP contribution in [0.4, 0.5) is 43.8 Å². The number of alkyl halides is 6. The fourth-order valence-electron chi connectivity index (χ4n) is 8.75. The molecule has 6 aromatic carbocycles. The van der Waals surface area contributed by atoms with E-state index in [2.05, 4.69) is 82.7 Å². The highest BCUT2D eigenvalue weighted by molar-refractivity contribution is 6.09. The Kier molecular flexibility index (Phi) is 15.8. The lowest BCUT2D eigenvalue weighted by atomic mass is 10.1. The van der Waals surface area contributed by atoms with Crippen molar-refractivity contribution in [2.45, 2.75) is 52.8 Å². The van der Waals surface area contributed by atoms with E-state index < -0.39 is 29.4 Å². The molecule has 24 heteroatoms. The van der Waals surface area contributed by atoms with Crippen molar-refractivity contribution >= 4 is 67.9 Å². The molecule has 3 amide bonds. The maximum absolute atomic E-state index is 12.8. The molecule has 0 bridgehead atoms.